The van der Waals surface area contributed by atoms with Gasteiger partial charge in [0.25, 0.3) is 0 Å². The van der Waals surface area contributed by atoms with Gasteiger partial charge in [-0.3, -0.25) is 19.2 Å². The summed E-state index contributed by atoms with van der Waals surface area (Å²) >= 11 is 0. The standard InChI is InChI=1S/C14H24N2O6/c1-14(2,11(18)4-3-9(15)12(19)20)6-5-8(17)7-10(16)13(21)22/h9-10H,3-7,15-16H2,1-2H3,(H,19,20)(H,21,22)/t9-,10-/m0/s1. The second-order valence-electron chi connectivity index (χ2n) is 5.98. The van der Waals surface area contributed by atoms with Crippen LogP contribution in [-0.2, 0) is 19.2 Å². The van der Waals surface area contributed by atoms with E-state index in [4.69, 9.17) is 21.7 Å². The van der Waals surface area contributed by atoms with Gasteiger partial charge in [0.2, 0.25) is 0 Å². The third-order valence-electron chi connectivity index (χ3n) is 3.55. The zero-order chi connectivity index (χ0) is 17.5. The molecule has 8 nitrogen and oxygen atoms in total. The fourth-order valence-electron chi connectivity index (χ4n) is 1.77. The number of hydrogen-bond donors (Lipinski definition) is 4. The molecule has 0 saturated carbocycles. The van der Waals surface area contributed by atoms with Gasteiger partial charge in [0.1, 0.15) is 23.7 Å². The van der Waals surface area contributed by atoms with Crippen LogP contribution in [0.2, 0.25) is 0 Å². The Kier molecular flexibility index (Phi) is 7.89. The molecule has 126 valence electrons. The highest BCUT2D eigenvalue weighted by atomic mass is 16.4. The van der Waals surface area contributed by atoms with Crippen LogP contribution in [0.25, 0.3) is 0 Å². The Hall–Kier alpha value is -1.80. The van der Waals surface area contributed by atoms with Crippen molar-refractivity contribution in [3.63, 3.8) is 0 Å². The van der Waals surface area contributed by atoms with Gasteiger partial charge in [0, 0.05) is 24.7 Å². The summed E-state index contributed by atoms with van der Waals surface area (Å²) in [6.07, 6.45) is 0.0756. The van der Waals surface area contributed by atoms with Crippen molar-refractivity contribution in [3.05, 3.63) is 0 Å². The number of rotatable bonds is 11. The molecule has 0 aliphatic heterocycles. The number of nitrogens with two attached hydrogens (primary N) is 2. The van der Waals surface area contributed by atoms with Crippen LogP contribution in [0.15, 0.2) is 0 Å². The van der Waals surface area contributed by atoms with Crippen LogP contribution in [0.3, 0.4) is 0 Å². The average Bonchev–Trinajstić information content (AvgIpc) is 2.41. The third kappa shape index (κ3) is 7.28. The van der Waals surface area contributed by atoms with Crippen molar-refractivity contribution in [1.29, 1.82) is 0 Å². The lowest BCUT2D eigenvalue weighted by atomic mass is 9.80. The largest absolute Gasteiger partial charge is 0.480 e. The molecule has 2 atom stereocenters. The molecular weight excluding hydrogens is 292 g/mol. The van der Waals surface area contributed by atoms with Crippen molar-refractivity contribution < 1.29 is 29.4 Å². The molecule has 6 N–H and O–H groups in total. The van der Waals surface area contributed by atoms with Gasteiger partial charge in [-0.15, -0.1) is 0 Å². The second kappa shape index (κ2) is 8.60. The number of carbonyl (C=O) groups is 4. The van der Waals surface area contributed by atoms with Crippen LogP contribution >= 0.6 is 0 Å². The predicted molar refractivity (Wildman–Crippen MR) is 78.1 cm³/mol. The molecule has 0 radical (unpaired) electrons. The summed E-state index contributed by atoms with van der Waals surface area (Å²) < 4.78 is 0. The molecule has 0 aromatic rings. The van der Waals surface area contributed by atoms with Gasteiger partial charge in [-0.1, -0.05) is 13.8 Å². The van der Waals surface area contributed by atoms with Crippen LogP contribution in [0.1, 0.15) is 46.0 Å². The zero-order valence-corrected chi connectivity index (χ0v) is 12.9. The number of ketones is 2. The van der Waals surface area contributed by atoms with Gasteiger partial charge in [-0.25, -0.2) is 0 Å². The van der Waals surface area contributed by atoms with Crippen molar-refractivity contribution in [2.24, 2.45) is 16.9 Å². The van der Waals surface area contributed by atoms with Crippen LogP contribution in [0.5, 0.6) is 0 Å². The first-order valence-corrected chi connectivity index (χ1v) is 6.99. The molecule has 0 aromatic heterocycles. The summed E-state index contributed by atoms with van der Waals surface area (Å²) in [7, 11) is 0. The van der Waals surface area contributed by atoms with Crippen molar-refractivity contribution in [2.45, 2.75) is 58.0 Å². The van der Waals surface area contributed by atoms with E-state index in [1.54, 1.807) is 13.8 Å². The summed E-state index contributed by atoms with van der Waals surface area (Å²) in [5.41, 5.74) is 9.80. The number of Topliss-reactive ketones (excluding diaryl/α,β-unsaturated/α-hetero) is 2. The fraction of sp³-hybridized carbons (Fsp3) is 0.714. The van der Waals surface area contributed by atoms with Gasteiger partial charge in [0.15, 0.2) is 0 Å². The highest BCUT2D eigenvalue weighted by molar-refractivity contribution is 5.87. The van der Waals surface area contributed by atoms with Gasteiger partial charge >= 0.3 is 11.9 Å². The minimum absolute atomic E-state index is 0.0172. The van der Waals surface area contributed by atoms with E-state index in [0.29, 0.717) is 0 Å². The first kappa shape index (κ1) is 20.2. The molecule has 0 aliphatic carbocycles. The van der Waals surface area contributed by atoms with E-state index in [0.717, 1.165) is 0 Å². The molecule has 0 amide bonds. The SMILES string of the molecule is CC(C)(CCC(=O)C[C@H](N)C(=O)O)C(=O)CC[C@H](N)C(=O)O. The molecule has 0 rings (SSSR count). The van der Waals surface area contributed by atoms with E-state index >= 15 is 0 Å². The van der Waals surface area contributed by atoms with Crippen LogP contribution < -0.4 is 11.5 Å². The van der Waals surface area contributed by atoms with E-state index in [1.807, 2.05) is 0 Å². The molecule has 0 saturated heterocycles. The Morgan fingerprint density at radius 3 is 1.91 bits per heavy atom. The van der Waals surface area contributed by atoms with Gasteiger partial charge < -0.3 is 21.7 Å². The average molecular weight is 316 g/mol. The minimum atomic E-state index is -1.24. The molecule has 0 fully saturated rings. The second-order valence-corrected chi connectivity index (χ2v) is 5.98. The third-order valence-corrected chi connectivity index (χ3v) is 3.55. The summed E-state index contributed by atoms with van der Waals surface area (Å²) in [5, 5.41) is 17.3. The predicted octanol–water partition coefficient (Wildman–Crippen LogP) is -0.0749. The molecule has 22 heavy (non-hydrogen) atoms. The maximum atomic E-state index is 12.1. The summed E-state index contributed by atoms with van der Waals surface area (Å²) in [6, 6.07) is -2.32. The number of aliphatic carboxylic acids is 2. The fourth-order valence-corrected chi connectivity index (χ4v) is 1.77. The van der Waals surface area contributed by atoms with E-state index in [1.165, 1.54) is 0 Å². The molecule has 0 bridgehead atoms. The Labute approximate surface area is 128 Å². The van der Waals surface area contributed by atoms with Gasteiger partial charge in [-0.05, 0) is 12.8 Å². The highest BCUT2D eigenvalue weighted by Crippen LogP contribution is 2.26. The molecule has 0 heterocycles. The Morgan fingerprint density at radius 2 is 1.45 bits per heavy atom. The number of hydrogen-bond acceptors (Lipinski definition) is 6. The molecule has 0 spiro atoms. The van der Waals surface area contributed by atoms with E-state index in [2.05, 4.69) is 0 Å². The van der Waals surface area contributed by atoms with Gasteiger partial charge in [0.05, 0.1) is 0 Å². The van der Waals surface area contributed by atoms with E-state index < -0.39 is 29.4 Å². The maximum Gasteiger partial charge on any atom is 0.320 e. The number of carbonyl (C=O) groups excluding carboxylic acids is 2. The number of carboxylic acids is 2. The van der Waals surface area contributed by atoms with Crippen molar-refractivity contribution in [2.75, 3.05) is 0 Å². The lowest BCUT2D eigenvalue weighted by Crippen LogP contribution is -2.34. The van der Waals surface area contributed by atoms with Crippen molar-refractivity contribution >= 4 is 23.5 Å². The normalized spacial score (nSPS) is 14.2. The maximum absolute atomic E-state index is 12.1. The van der Waals surface area contributed by atoms with Crippen LogP contribution in [0.4, 0.5) is 0 Å². The molecule has 8 heteroatoms. The minimum Gasteiger partial charge on any atom is -0.480 e. The first-order valence-electron chi connectivity index (χ1n) is 6.99. The first-order chi connectivity index (χ1) is 9.97. The summed E-state index contributed by atoms with van der Waals surface area (Å²) in [6.45, 7) is 3.32. The lowest BCUT2D eigenvalue weighted by molar-refractivity contribution is -0.140. The highest BCUT2D eigenvalue weighted by Gasteiger charge is 2.29. The molecule has 0 unspecified atom stereocenters. The molecule has 0 aromatic carbocycles. The van der Waals surface area contributed by atoms with Gasteiger partial charge in [-0.2, -0.15) is 0 Å². The van der Waals surface area contributed by atoms with Crippen molar-refractivity contribution in [3.8, 4) is 0 Å². The quantitative estimate of drug-likeness (QED) is 0.411. The van der Waals surface area contributed by atoms with Crippen LogP contribution in [0, 0.1) is 5.41 Å². The monoisotopic (exact) mass is 316 g/mol. The lowest BCUT2D eigenvalue weighted by Gasteiger charge is -2.23. The Morgan fingerprint density at radius 1 is 0.955 bits per heavy atom. The molecular formula is C14H24N2O6. The number of carboxylic acid groups (broad SMARTS) is 2. The smallest absolute Gasteiger partial charge is 0.320 e. The topological polar surface area (TPSA) is 161 Å². The molecule has 0 aliphatic rings. The van der Waals surface area contributed by atoms with Crippen molar-refractivity contribution in [1.82, 2.24) is 0 Å². The summed E-state index contributed by atoms with van der Waals surface area (Å²) in [5.74, 6) is -2.91. The Balaban J connectivity index is 4.33. The summed E-state index contributed by atoms with van der Waals surface area (Å²) in [4.78, 5) is 44.8. The van der Waals surface area contributed by atoms with Crippen LogP contribution in [-0.4, -0.2) is 45.8 Å². The van der Waals surface area contributed by atoms with E-state index in [-0.39, 0.29) is 43.7 Å². The Bertz CT molecular complexity index is 447. The zero-order valence-electron chi connectivity index (χ0n) is 12.9. The van der Waals surface area contributed by atoms with E-state index in [9.17, 15) is 19.2 Å².